The van der Waals surface area contributed by atoms with Crippen molar-refractivity contribution in [3.63, 3.8) is 0 Å². The van der Waals surface area contributed by atoms with Crippen LogP contribution in [0.1, 0.15) is 77.0 Å². The van der Waals surface area contributed by atoms with Crippen LogP contribution in [0, 0.1) is 0 Å². The van der Waals surface area contributed by atoms with Gasteiger partial charge in [-0.15, -0.1) is 0 Å². The molecule has 1 atom stereocenters. The first-order valence-corrected chi connectivity index (χ1v) is 21.4. The molecule has 5 aromatic rings. The Bertz CT molecular complexity index is 2220. The standard InChI is InChI=1S/C45H57N11O4/c1-6-36(7-2)55-40(57)24-32-28-48-45(51-42(32)55)50-35-22-31(23-39(27-35)60-20-18-53(9-4)10-5)14-15-37(8-3)56-41(58)25-33-29-47-44(52-43(33)56)49-34-12-11-13-38(26-34)59-21-19-54-17-16-46-30-54/h11-13,16-17,22-23,26-30,36-37H,6-10,14-15,18-21,24-25H2,1-5H3,(H,47,49,52)(H,48,50,51). The Morgan fingerprint density at radius 1 is 0.750 bits per heavy atom. The van der Waals surface area contributed by atoms with Crippen molar-refractivity contribution in [3.8, 4) is 11.5 Å². The Balaban J connectivity index is 1.06. The first-order chi connectivity index (χ1) is 29.3. The quantitative estimate of drug-likeness (QED) is 0.0730. The zero-order valence-electron chi connectivity index (χ0n) is 35.4. The van der Waals surface area contributed by atoms with Gasteiger partial charge in [0.1, 0.15) is 36.3 Å². The number of carbonyl (C=O) groups is 2. The third-order valence-electron chi connectivity index (χ3n) is 11.3. The molecule has 0 bridgehead atoms. The molecule has 60 heavy (non-hydrogen) atoms. The predicted molar refractivity (Wildman–Crippen MR) is 234 cm³/mol. The maximum atomic E-state index is 13.6. The number of rotatable bonds is 22. The van der Waals surface area contributed by atoms with Crippen LogP contribution in [0.2, 0.25) is 0 Å². The number of amides is 2. The number of hydrogen-bond donors (Lipinski definition) is 2. The van der Waals surface area contributed by atoms with Crippen molar-refractivity contribution in [1.82, 2.24) is 34.4 Å². The van der Waals surface area contributed by atoms with Gasteiger partial charge in [0, 0.05) is 78.1 Å². The number of nitrogens with zero attached hydrogens (tertiary/aromatic N) is 9. The number of hydrogen-bond acceptors (Lipinski definition) is 12. The Labute approximate surface area is 352 Å². The van der Waals surface area contributed by atoms with E-state index in [4.69, 9.17) is 19.4 Å². The van der Waals surface area contributed by atoms with E-state index < -0.39 is 0 Å². The van der Waals surface area contributed by atoms with Gasteiger partial charge in [0.15, 0.2) is 0 Å². The Kier molecular flexibility index (Phi) is 13.9. The summed E-state index contributed by atoms with van der Waals surface area (Å²) in [7, 11) is 0. The summed E-state index contributed by atoms with van der Waals surface area (Å²) in [4.78, 5) is 55.6. The summed E-state index contributed by atoms with van der Waals surface area (Å²) in [5.41, 5.74) is 4.28. The number of fused-ring (bicyclic) bond motifs is 2. The number of anilines is 6. The minimum absolute atomic E-state index is 0.0158. The summed E-state index contributed by atoms with van der Waals surface area (Å²) < 4.78 is 14.3. The minimum atomic E-state index is -0.0917. The molecule has 2 amide bonds. The highest BCUT2D eigenvalue weighted by Crippen LogP contribution is 2.34. The highest BCUT2D eigenvalue weighted by atomic mass is 16.5. The van der Waals surface area contributed by atoms with Gasteiger partial charge in [-0.25, -0.2) is 15.0 Å². The smallest absolute Gasteiger partial charge is 0.233 e. The molecule has 2 aliphatic rings. The largest absolute Gasteiger partial charge is 0.492 e. The zero-order chi connectivity index (χ0) is 42.0. The molecular formula is C45H57N11O4. The first-order valence-electron chi connectivity index (χ1n) is 21.4. The number of likely N-dealkylation sites (N-methyl/N-ethyl adjacent to an activating group) is 1. The van der Waals surface area contributed by atoms with Gasteiger partial charge >= 0.3 is 0 Å². The maximum absolute atomic E-state index is 13.6. The number of benzene rings is 2. The molecule has 0 spiro atoms. The molecule has 0 aliphatic carbocycles. The van der Waals surface area contributed by atoms with Gasteiger partial charge in [-0.1, -0.05) is 40.7 Å². The second-order valence-electron chi connectivity index (χ2n) is 15.2. The molecule has 0 saturated heterocycles. The van der Waals surface area contributed by atoms with Gasteiger partial charge in [-0.05, 0) is 75.0 Å². The fourth-order valence-electron chi connectivity index (χ4n) is 7.97. The molecule has 5 heterocycles. The van der Waals surface area contributed by atoms with Crippen molar-refractivity contribution in [2.24, 2.45) is 0 Å². The molecule has 15 heteroatoms. The van der Waals surface area contributed by atoms with Crippen molar-refractivity contribution < 1.29 is 19.1 Å². The van der Waals surface area contributed by atoms with Crippen LogP contribution in [0.5, 0.6) is 11.5 Å². The van der Waals surface area contributed by atoms with E-state index in [0.29, 0.717) is 62.6 Å². The van der Waals surface area contributed by atoms with Crippen LogP contribution >= 0.6 is 0 Å². The van der Waals surface area contributed by atoms with E-state index in [1.807, 2.05) is 50.9 Å². The van der Waals surface area contributed by atoms with Gasteiger partial charge in [0.2, 0.25) is 23.7 Å². The molecule has 1 unspecified atom stereocenters. The Morgan fingerprint density at radius 3 is 2.02 bits per heavy atom. The van der Waals surface area contributed by atoms with E-state index in [2.05, 4.69) is 77.2 Å². The second-order valence-corrected chi connectivity index (χ2v) is 15.2. The predicted octanol–water partition coefficient (Wildman–Crippen LogP) is 7.13. The summed E-state index contributed by atoms with van der Waals surface area (Å²) in [6.45, 7) is 15.1. The maximum Gasteiger partial charge on any atom is 0.233 e. The summed E-state index contributed by atoms with van der Waals surface area (Å²) in [6.07, 6.45) is 13.3. The summed E-state index contributed by atoms with van der Waals surface area (Å²) >= 11 is 0. The minimum Gasteiger partial charge on any atom is -0.492 e. The van der Waals surface area contributed by atoms with Gasteiger partial charge in [0.05, 0.1) is 25.7 Å². The van der Waals surface area contributed by atoms with Crippen LogP contribution in [0.4, 0.5) is 34.9 Å². The number of aromatic nitrogens is 6. The number of nitrogens with one attached hydrogen (secondary N) is 2. The lowest BCUT2D eigenvalue weighted by molar-refractivity contribution is -0.118. The average Bonchev–Trinajstić information content (AvgIpc) is 3.98. The fourth-order valence-corrected chi connectivity index (χ4v) is 7.97. The molecule has 0 fully saturated rings. The topological polar surface area (TPSA) is 156 Å². The van der Waals surface area contributed by atoms with Crippen LogP contribution in [0.25, 0.3) is 0 Å². The van der Waals surface area contributed by atoms with Crippen molar-refractivity contribution in [1.29, 1.82) is 0 Å². The lowest BCUT2D eigenvalue weighted by atomic mass is 10.0. The molecule has 316 valence electrons. The van der Waals surface area contributed by atoms with Crippen LogP contribution < -0.4 is 29.9 Å². The lowest BCUT2D eigenvalue weighted by Crippen LogP contribution is -2.38. The van der Waals surface area contributed by atoms with Crippen molar-refractivity contribution in [2.45, 2.75) is 98.2 Å². The molecule has 0 saturated carbocycles. The summed E-state index contributed by atoms with van der Waals surface area (Å²) in [5, 5.41) is 6.73. The molecule has 3 aromatic heterocycles. The van der Waals surface area contributed by atoms with Crippen molar-refractivity contribution in [2.75, 3.05) is 53.3 Å². The second kappa shape index (κ2) is 19.8. The van der Waals surface area contributed by atoms with E-state index >= 15 is 0 Å². The van der Waals surface area contributed by atoms with Crippen LogP contribution in [-0.2, 0) is 35.4 Å². The van der Waals surface area contributed by atoms with Crippen molar-refractivity contribution in [3.05, 3.63) is 90.3 Å². The SMILES string of the molecule is CCC(CC)N1C(=O)Cc2cnc(Nc3cc(CCC(CC)N4C(=O)Cc5cnc(Nc6cccc(OCCn7ccnc7)c6)nc54)cc(OCCN(CC)CC)c3)nc21. The molecule has 2 N–H and O–H groups in total. The van der Waals surface area contributed by atoms with Gasteiger partial charge in [-0.3, -0.25) is 19.4 Å². The number of imidazole rings is 1. The van der Waals surface area contributed by atoms with E-state index in [1.54, 1.807) is 24.9 Å². The summed E-state index contributed by atoms with van der Waals surface area (Å²) in [5.74, 6) is 3.69. The van der Waals surface area contributed by atoms with Gasteiger partial charge < -0.3 is 29.6 Å². The molecule has 15 nitrogen and oxygen atoms in total. The number of aryl methyl sites for hydroxylation is 1. The van der Waals surface area contributed by atoms with E-state index in [9.17, 15) is 9.59 Å². The number of carbonyl (C=O) groups excluding carboxylic acids is 2. The van der Waals surface area contributed by atoms with Crippen LogP contribution in [-0.4, -0.2) is 91.1 Å². The van der Waals surface area contributed by atoms with E-state index in [-0.39, 0.29) is 30.3 Å². The third-order valence-corrected chi connectivity index (χ3v) is 11.3. The van der Waals surface area contributed by atoms with Gasteiger partial charge in [-0.2, -0.15) is 9.97 Å². The molecule has 0 radical (unpaired) electrons. The fraction of sp³-hybridized carbons (Fsp3) is 0.444. The number of ether oxygens (including phenoxy) is 2. The monoisotopic (exact) mass is 815 g/mol. The lowest BCUT2D eigenvalue weighted by Gasteiger charge is -2.27. The Morgan fingerprint density at radius 2 is 1.38 bits per heavy atom. The highest BCUT2D eigenvalue weighted by Gasteiger charge is 2.35. The van der Waals surface area contributed by atoms with E-state index in [1.165, 1.54) is 0 Å². The highest BCUT2D eigenvalue weighted by molar-refractivity contribution is 6.01. The molecule has 7 rings (SSSR count). The zero-order valence-corrected chi connectivity index (χ0v) is 35.4. The van der Waals surface area contributed by atoms with Crippen molar-refractivity contribution >= 4 is 46.7 Å². The van der Waals surface area contributed by atoms with Crippen LogP contribution in [0.3, 0.4) is 0 Å². The average molecular weight is 816 g/mol. The van der Waals surface area contributed by atoms with Crippen LogP contribution in [0.15, 0.2) is 73.6 Å². The molecule has 2 aliphatic heterocycles. The van der Waals surface area contributed by atoms with E-state index in [0.717, 1.165) is 78.5 Å². The molecular weight excluding hydrogens is 759 g/mol. The normalized spacial score (nSPS) is 13.9. The van der Waals surface area contributed by atoms with Gasteiger partial charge in [0.25, 0.3) is 0 Å². The first kappa shape index (κ1) is 42.0. The third kappa shape index (κ3) is 10.0. The molecule has 2 aromatic carbocycles. The summed E-state index contributed by atoms with van der Waals surface area (Å²) in [6, 6.07) is 13.8. The Hall–Kier alpha value is -6.09.